The van der Waals surface area contributed by atoms with Crippen molar-refractivity contribution in [1.29, 1.82) is 0 Å². The molecule has 114 heavy (non-hydrogen) atoms. The number of nitroso groups, excluding NO2 is 1. The lowest BCUT2D eigenvalue weighted by atomic mass is 9.89. The number of urea groups is 1. The highest BCUT2D eigenvalue weighted by Crippen LogP contribution is 2.58. The van der Waals surface area contributed by atoms with E-state index in [0.29, 0.717) is 48.6 Å². The van der Waals surface area contributed by atoms with Gasteiger partial charge >= 0.3 is 24.2 Å². The number of para-hydroxylation sites is 4. The molecule has 4 atom stereocenters. The third kappa shape index (κ3) is 21.4. The Balaban J connectivity index is 0.000000162. The Hall–Kier alpha value is -12.0. The van der Waals surface area contributed by atoms with Crippen molar-refractivity contribution in [3.63, 3.8) is 0 Å². The summed E-state index contributed by atoms with van der Waals surface area (Å²) in [5.41, 5.74) is 20.9. The number of hydrogen-bond donors (Lipinski definition) is 6. The van der Waals surface area contributed by atoms with E-state index in [4.69, 9.17) is 29.4 Å². The number of carboxylic acids is 1. The molecule has 0 bridgehead atoms. The van der Waals surface area contributed by atoms with E-state index in [2.05, 4.69) is 62.1 Å². The highest BCUT2D eigenvalue weighted by atomic mass is 35.5. The molecular weight excluding hydrogens is 1480 g/mol. The number of nitrogens with one attached hydrogen (secondary N) is 3. The van der Waals surface area contributed by atoms with Crippen molar-refractivity contribution in [2.75, 3.05) is 54.8 Å². The molecule has 4 aliphatic heterocycles. The molecule has 6 heterocycles. The zero-order chi connectivity index (χ0) is 81.9. The summed E-state index contributed by atoms with van der Waals surface area (Å²) in [5.74, 6) is -0.627. The molecule has 29 heteroatoms. The first-order chi connectivity index (χ1) is 53.5. The van der Waals surface area contributed by atoms with Crippen molar-refractivity contribution in [2.45, 2.75) is 170 Å². The average molecular weight is 1580 g/mol. The second-order valence-corrected chi connectivity index (χ2v) is 31.4. The largest absolute Gasteiger partial charge is 0.476 e. The van der Waals surface area contributed by atoms with E-state index in [1.165, 1.54) is 42.6 Å². The summed E-state index contributed by atoms with van der Waals surface area (Å²) >= 11 is 0. The molecule has 6 aromatic carbocycles. The van der Waals surface area contributed by atoms with E-state index in [1.807, 2.05) is 167 Å². The number of likely N-dealkylation sites (N-methyl/N-ethyl adjacent to an activating group) is 4. The zero-order valence-corrected chi connectivity index (χ0v) is 66.8. The Morgan fingerprint density at radius 3 is 1.28 bits per heavy atom. The van der Waals surface area contributed by atoms with Gasteiger partial charge in [0.05, 0.1) is 17.0 Å². The fourth-order valence-corrected chi connectivity index (χ4v) is 14.3. The molecule has 28 nitrogen and oxygen atoms in total. The van der Waals surface area contributed by atoms with Gasteiger partial charge in [-0.1, -0.05) is 150 Å². The van der Waals surface area contributed by atoms with Crippen molar-refractivity contribution < 1.29 is 66.8 Å². The molecule has 8 N–H and O–H groups in total. The summed E-state index contributed by atoms with van der Waals surface area (Å²) in [4.78, 5) is 124. The van der Waals surface area contributed by atoms with Gasteiger partial charge < -0.3 is 70.6 Å². The zero-order valence-electron chi connectivity index (χ0n) is 66.0. The Morgan fingerprint density at radius 1 is 0.535 bits per heavy atom. The number of anilines is 4. The number of aromatic carboxylic acids is 1. The number of carboxylic acid groups (broad SMARTS) is 1. The van der Waals surface area contributed by atoms with Gasteiger partial charge in [0.25, 0.3) is 5.91 Å². The molecule has 15 rings (SSSR count). The standard InChI is InChI=1S/C24H23N3O3.C18H24N2O3.C17H22N2O3.C13H16N2O.C11H9NO3.C2H5N3O2.ClH/c1-27-21-10-6-5-9-18(21)24(11-12-24)15-20(23(27)29)25-22(28)19-14-17(30-26-19)13-16-7-3-2-4-8-16;1-17(2,3)23-16(22)19-13-11-18(9-10-18)12-7-5-6-8-14(12)20(4)15(13)21;1-11-10-13(18-16(21)22-17(2,3)4)15(20)19(5)14-9-7-6-8-12(11)14;1-15-11-5-3-2-4-9(11)13(6-7-13)8-10(14)12(15)16;13-11(14)10-7-9(15-12-10)6-8-4-2-1-3-5-8;1-5(4-7)2(3)6;/h2-10,14,20H,11-13,15H2,1H3,(H,25,28);5-8,13H,9-11H2,1-4H3,(H,19,22);6-9,13H,1,10H2,2-5H3,(H,18,21);2-5,10H,6-8,14H2,1H3;1-5,7H,6H2,(H,13,14);1H3,(H2,3,6);1H/t20-;2*13-;10-;;;/m0000.../s1. The van der Waals surface area contributed by atoms with Crippen LogP contribution in [0.2, 0.25) is 0 Å². The maximum Gasteiger partial charge on any atom is 0.408 e. The van der Waals surface area contributed by atoms with Crippen molar-refractivity contribution in [3.05, 3.63) is 238 Å². The molecule has 7 aliphatic rings. The van der Waals surface area contributed by atoms with E-state index < -0.39 is 53.5 Å². The van der Waals surface area contributed by atoms with Gasteiger partial charge in [-0.05, 0) is 173 Å². The number of primary amides is 1. The van der Waals surface area contributed by atoms with E-state index >= 15 is 0 Å². The Bertz CT molecular complexity index is 4830. The van der Waals surface area contributed by atoms with Crippen LogP contribution in [0.1, 0.15) is 172 Å². The fraction of sp³-hybridized carbons (Fsp3) is 0.376. The third-order valence-corrected chi connectivity index (χ3v) is 20.6. The lowest BCUT2D eigenvalue weighted by molar-refractivity contribution is -0.121. The maximum atomic E-state index is 13.1. The van der Waals surface area contributed by atoms with Gasteiger partial charge in [0, 0.05) is 89.3 Å². The number of rotatable bonds is 10. The summed E-state index contributed by atoms with van der Waals surface area (Å²) in [6, 6.07) is 51.4. The lowest BCUT2D eigenvalue weighted by Crippen LogP contribution is -2.48. The third-order valence-electron chi connectivity index (χ3n) is 20.6. The molecule has 9 amide bonds. The minimum Gasteiger partial charge on any atom is -0.476 e. The Labute approximate surface area is 668 Å². The monoisotopic (exact) mass is 1580 g/mol. The lowest BCUT2D eigenvalue weighted by Gasteiger charge is -2.25. The summed E-state index contributed by atoms with van der Waals surface area (Å²) in [7, 11) is 8.24. The molecule has 3 saturated carbocycles. The van der Waals surface area contributed by atoms with Crippen LogP contribution < -0.4 is 47.0 Å². The van der Waals surface area contributed by atoms with Crippen molar-refractivity contribution in [2.24, 2.45) is 16.8 Å². The Morgan fingerprint density at radius 2 is 0.886 bits per heavy atom. The number of aromatic nitrogens is 2. The highest BCUT2D eigenvalue weighted by Gasteiger charge is 2.54. The normalized spacial score (nSPS) is 18.7. The van der Waals surface area contributed by atoms with Crippen LogP contribution in [-0.4, -0.2) is 145 Å². The van der Waals surface area contributed by atoms with Crippen LogP contribution in [0.25, 0.3) is 5.57 Å². The van der Waals surface area contributed by atoms with Crippen LogP contribution in [0.15, 0.2) is 191 Å². The number of alkyl carbamates (subject to hydrolysis) is 2. The number of fused-ring (bicyclic) bond motifs is 7. The number of amides is 9. The van der Waals surface area contributed by atoms with Crippen molar-refractivity contribution in [3.8, 4) is 0 Å². The van der Waals surface area contributed by atoms with Crippen LogP contribution in [0.5, 0.6) is 0 Å². The average Bonchev–Trinajstić information content (AvgIpc) is 1.64. The number of carbonyl (C=O) groups excluding carboxylic acids is 8. The SMILES string of the molecule is C=C1C[C@H](NC(=O)OC(C)(C)C)C(=O)N(C)c2ccccc21.CN(N=O)C(N)=O.CN1C(=O)[C@@H](N)CC2(CC2)c2ccccc21.CN1C(=O)[C@@H](NC(=O)OC(C)(C)C)CC2(CC2)c2ccccc21.CN1C(=O)[C@@H](NC(=O)c2cc(Cc3ccccc3)on2)CC2(CC2)c2ccccc21.Cl.O=C(O)c1cc(Cc2ccccc2)on1. The van der Waals surface area contributed by atoms with Crippen LogP contribution in [0, 0.1) is 4.91 Å². The molecule has 602 valence electrons. The molecule has 3 aliphatic carbocycles. The quantitative estimate of drug-likeness (QED) is 0.0547. The first-order valence-electron chi connectivity index (χ1n) is 37.3. The fourth-order valence-electron chi connectivity index (χ4n) is 14.3. The predicted octanol–water partition coefficient (Wildman–Crippen LogP) is 12.9. The van der Waals surface area contributed by atoms with Crippen molar-refractivity contribution in [1.82, 2.24) is 31.3 Å². The molecule has 8 aromatic rings. The summed E-state index contributed by atoms with van der Waals surface area (Å²) in [5, 5.41) is 27.0. The number of nitrogens with zero attached hydrogens (tertiary/aromatic N) is 8. The van der Waals surface area contributed by atoms with Gasteiger partial charge in [-0.2, -0.15) is 5.01 Å². The van der Waals surface area contributed by atoms with E-state index in [0.717, 1.165) is 77.1 Å². The van der Waals surface area contributed by atoms with Crippen LogP contribution in [0.3, 0.4) is 0 Å². The van der Waals surface area contributed by atoms with Crippen LogP contribution in [-0.2, 0) is 57.7 Å². The molecule has 3 spiro atoms. The number of ether oxygens (including phenoxy) is 2. The van der Waals surface area contributed by atoms with Gasteiger partial charge in [0.15, 0.2) is 11.4 Å². The molecule has 0 radical (unpaired) electrons. The number of hydrogen-bond acceptors (Lipinski definition) is 18. The van der Waals surface area contributed by atoms with Crippen LogP contribution >= 0.6 is 12.4 Å². The summed E-state index contributed by atoms with van der Waals surface area (Å²) in [6.45, 7) is 14.8. The number of benzene rings is 6. The minimum absolute atomic E-state index is 0. The summed E-state index contributed by atoms with van der Waals surface area (Å²) < 4.78 is 20.8. The molecule has 2 aromatic heterocycles. The van der Waals surface area contributed by atoms with Gasteiger partial charge in [-0.25, -0.2) is 19.2 Å². The van der Waals surface area contributed by atoms with E-state index in [1.54, 1.807) is 67.6 Å². The van der Waals surface area contributed by atoms with Gasteiger partial charge in [0.2, 0.25) is 23.6 Å². The second kappa shape index (κ2) is 36.2. The topological polar surface area (TPSA) is 378 Å². The number of halogens is 1. The minimum atomic E-state index is -1.07. The van der Waals surface area contributed by atoms with E-state index in [-0.39, 0.29) is 75.6 Å². The second-order valence-electron chi connectivity index (χ2n) is 31.4. The Kier molecular flexibility index (Phi) is 27.3. The number of carbonyl (C=O) groups is 9. The van der Waals surface area contributed by atoms with Crippen molar-refractivity contribution >= 4 is 94.5 Å². The molecule has 0 unspecified atom stereocenters. The molecule has 0 saturated heterocycles. The first kappa shape index (κ1) is 86.0. The smallest absolute Gasteiger partial charge is 0.408 e. The molecular formula is C85H100ClN13O15. The first-order valence-corrected chi connectivity index (χ1v) is 37.3. The van der Waals surface area contributed by atoms with Gasteiger partial charge in [-0.15, -0.1) is 17.3 Å². The van der Waals surface area contributed by atoms with Gasteiger partial charge in [-0.3, -0.25) is 24.0 Å². The van der Waals surface area contributed by atoms with E-state index in [9.17, 15) is 48.1 Å². The van der Waals surface area contributed by atoms with Crippen LogP contribution in [0.4, 0.5) is 37.1 Å². The maximum absolute atomic E-state index is 13.1. The predicted molar refractivity (Wildman–Crippen MR) is 434 cm³/mol. The summed E-state index contributed by atoms with van der Waals surface area (Å²) in [6.07, 6.45) is 8.88. The van der Waals surface area contributed by atoms with Gasteiger partial charge in [0.1, 0.15) is 40.8 Å². The number of nitrogens with two attached hydrogens (primary N) is 2. The molecule has 3 fully saturated rings. The highest BCUT2D eigenvalue weighted by molar-refractivity contribution is 6.05.